The molecule has 0 aromatic carbocycles. The fourth-order valence-corrected chi connectivity index (χ4v) is 5.71. The average molecular weight is 433 g/mol. The molecule has 170 valence electrons. The topological polar surface area (TPSA) is 39.9 Å². The lowest BCUT2D eigenvalue weighted by atomic mass is 9.91. The smallest absolute Gasteiger partial charge is 0.138 e. The Kier molecular flexibility index (Phi) is 5.91. The quantitative estimate of drug-likeness (QED) is 0.608. The standard InChI is InChI=1S/C26H36N6/c1-19-8-7-15-27-26(19)23-10-5-9-22(30(23)4)21-18-32-24(28-21)11-6-12-25(32)31-16-13-20(14-17-31)29(2)3/h6-8,11-12,15,18,20,22-23H,5,9-10,13-14,16-17H2,1-4H3/t22?,23-/m0/s1. The summed E-state index contributed by atoms with van der Waals surface area (Å²) in [5, 5.41) is 0. The van der Waals surface area contributed by atoms with Gasteiger partial charge in [-0.2, -0.15) is 0 Å². The first-order valence-corrected chi connectivity index (χ1v) is 12.1. The van der Waals surface area contributed by atoms with Crippen LogP contribution in [0.4, 0.5) is 5.82 Å². The SMILES string of the molecule is Cc1cccnc1[C@@H]1CCCC(c2cn3c(N4CCC(N(C)C)CC4)cccc3n2)N1C. The van der Waals surface area contributed by atoms with Gasteiger partial charge in [0.05, 0.1) is 23.5 Å². The zero-order valence-electron chi connectivity index (χ0n) is 19.9. The zero-order chi connectivity index (χ0) is 22.2. The maximum absolute atomic E-state index is 5.10. The number of piperidine rings is 2. The Morgan fingerprint density at radius 1 is 0.969 bits per heavy atom. The van der Waals surface area contributed by atoms with Crippen LogP contribution >= 0.6 is 0 Å². The lowest BCUT2D eigenvalue weighted by Crippen LogP contribution is -2.42. The minimum Gasteiger partial charge on any atom is -0.358 e. The molecule has 5 heterocycles. The number of likely N-dealkylation sites (tertiary alicyclic amines) is 1. The normalized spacial score (nSPS) is 23.3. The highest BCUT2D eigenvalue weighted by Gasteiger charge is 2.33. The number of aromatic nitrogens is 3. The number of imidazole rings is 1. The molecule has 0 spiro atoms. The third-order valence-corrected chi connectivity index (χ3v) is 7.65. The van der Waals surface area contributed by atoms with Gasteiger partial charge >= 0.3 is 0 Å². The Hall–Kier alpha value is -2.44. The van der Waals surface area contributed by atoms with E-state index in [1.54, 1.807) is 0 Å². The fourth-order valence-electron chi connectivity index (χ4n) is 5.71. The van der Waals surface area contributed by atoms with E-state index in [1.807, 2.05) is 12.3 Å². The molecular weight excluding hydrogens is 396 g/mol. The fraction of sp³-hybridized carbons (Fsp3) is 0.538. The van der Waals surface area contributed by atoms with Gasteiger partial charge in [0.1, 0.15) is 11.5 Å². The third-order valence-electron chi connectivity index (χ3n) is 7.65. The largest absolute Gasteiger partial charge is 0.358 e. The molecule has 2 fully saturated rings. The minimum absolute atomic E-state index is 0.322. The number of pyridine rings is 2. The lowest BCUT2D eigenvalue weighted by Gasteiger charge is -2.39. The van der Waals surface area contributed by atoms with Crippen LogP contribution in [0.15, 0.2) is 42.7 Å². The van der Waals surface area contributed by atoms with Crippen molar-refractivity contribution in [2.45, 2.75) is 57.2 Å². The summed E-state index contributed by atoms with van der Waals surface area (Å²) in [4.78, 5) is 17.2. The zero-order valence-corrected chi connectivity index (χ0v) is 19.9. The van der Waals surface area contributed by atoms with Crippen molar-refractivity contribution < 1.29 is 0 Å². The highest BCUT2D eigenvalue weighted by Crippen LogP contribution is 2.40. The first-order valence-electron chi connectivity index (χ1n) is 12.1. The molecule has 0 amide bonds. The molecule has 2 saturated heterocycles. The van der Waals surface area contributed by atoms with E-state index in [4.69, 9.17) is 9.97 Å². The molecule has 0 aliphatic carbocycles. The molecule has 2 atom stereocenters. The van der Waals surface area contributed by atoms with Gasteiger partial charge in [-0.25, -0.2) is 4.98 Å². The number of aryl methyl sites for hydroxylation is 1. The van der Waals surface area contributed by atoms with Crippen molar-refractivity contribution in [3.8, 4) is 0 Å². The second kappa shape index (κ2) is 8.83. The molecule has 0 N–H and O–H groups in total. The van der Waals surface area contributed by atoms with Crippen LogP contribution in [-0.2, 0) is 0 Å². The van der Waals surface area contributed by atoms with E-state index in [-0.39, 0.29) is 0 Å². The van der Waals surface area contributed by atoms with Crippen LogP contribution in [0.1, 0.15) is 61.1 Å². The Bertz CT molecular complexity index is 1070. The third kappa shape index (κ3) is 3.90. The van der Waals surface area contributed by atoms with Gasteiger partial charge < -0.3 is 9.80 Å². The Morgan fingerprint density at radius 3 is 2.50 bits per heavy atom. The number of anilines is 1. The highest BCUT2D eigenvalue weighted by molar-refractivity contribution is 5.53. The molecule has 3 aromatic heterocycles. The molecule has 6 heteroatoms. The van der Waals surface area contributed by atoms with E-state index in [0.717, 1.165) is 31.6 Å². The molecule has 5 rings (SSSR count). The van der Waals surface area contributed by atoms with Crippen molar-refractivity contribution in [1.29, 1.82) is 0 Å². The number of hydrogen-bond acceptors (Lipinski definition) is 5. The first-order chi connectivity index (χ1) is 15.5. The van der Waals surface area contributed by atoms with E-state index in [2.05, 4.69) is 77.6 Å². The van der Waals surface area contributed by atoms with E-state index in [0.29, 0.717) is 18.1 Å². The van der Waals surface area contributed by atoms with Crippen LogP contribution in [0.3, 0.4) is 0 Å². The van der Waals surface area contributed by atoms with Crippen LogP contribution in [0.5, 0.6) is 0 Å². The summed E-state index contributed by atoms with van der Waals surface area (Å²) in [7, 11) is 6.65. The second-order valence-electron chi connectivity index (χ2n) is 9.79. The van der Waals surface area contributed by atoms with Gasteiger partial charge in [0.2, 0.25) is 0 Å². The number of rotatable bonds is 4. The minimum atomic E-state index is 0.322. The predicted molar refractivity (Wildman–Crippen MR) is 130 cm³/mol. The monoisotopic (exact) mass is 432 g/mol. The van der Waals surface area contributed by atoms with Gasteiger partial charge in [0.25, 0.3) is 0 Å². The molecule has 32 heavy (non-hydrogen) atoms. The first kappa shape index (κ1) is 21.4. The molecule has 0 radical (unpaired) electrons. The van der Waals surface area contributed by atoms with Crippen molar-refractivity contribution in [3.05, 3.63) is 59.7 Å². The molecular formula is C26H36N6. The Balaban J connectivity index is 1.42. The van der Waals surface area contributed by atoms with Crippen molar-refractivity contribution in [3.63, 3.8) is 0 Å². The summed E-state index contributed by atoms with van der Waals surface area (Å²) >= 11 is 0. The van der Waals surface area contributed by atoms with E-state index in [1.165, 1.54) is 42.0 Å². The van der Waals surface area contributed by atoms with Crippen LogP contribution in [0.25, 0.3) is 5.65 Å². The van der Waals surface area contributed by atoms with Crippen molar-refractivity contribution in [2.75, 3.05) is 39.1 Å². The van der Waals surface area contributed by atoms with Gasteiger partial charge in [0.15, 0.2) is 0 Å². The van der Waals surface area contributed by atoms with E-state index in [9.17, 15) is 0 Å². The van der Waals surface area contributed by atoms with Crippen LogP contribution < -0.4 is 4.90 Å². The molecule has 3 aromatic rings. The predicted octanol–water partition coefficient (Wildman–Crippen LogP) is 4.47. The van der Waals surface area contributed by atoms with Crippen molar-refractivity contribution in [2.24, 2.45) is 0 Å². The van der Waals surface area contributed by atoms with Gasteiger partial charge in [-0.05, 0) is 83.9 Å². The van der Waals surface area contributed by atoms with E-state index >= 15 is 0 Å². The molecule has 2 aliphatic rings. The maximum atomic E-state index is 5.10. The van der Waals surface area contributed by atoms with Crippen LogP contribution in [0, 0.1) is 6.92 Å². The van der Waals surface area contributed by atoms with E-state index < -0.39 is 0 Å². The summed E-state index contributed by atoms with van der Waals surface area (Å²) in [5.41, 5.74) is 4.73. The Morgan fingerprint density at radius 2 is 1.75 bits per heavy atom. The number of hydrogen-bond donors (Lipinski definition) is 0. The van der Waals surface area contributed by atoms with Gasteiger partial charge in [-0.15, -0.1) is 0 Å². The Labute approximate surface area is 191 Å². The molecule has 0 saturated carbocycles. The van der Waals surface area contributed by atoms with Crippen molar-refractivity contribution >= 4 is 11.5 Å². The van der Waals surface area contributed by atoms with Gasteiger partial charge in [0, 0.05) is 31.5 Å². The molecule has 0 bridgehead atoms. The lowest BCUT2D eigenvalue weighted by molar-refractivity contribution is 0.109. The molecule has 1 unspecified atom stereocenters. The van der Waals surface area contributed by atoms with Crippen LogP contribution in [-0.4, -0.2) is 64.4 Å². The second-order valence-corrected chi connectivity index (χ2v) is 9.79. The average Bonchev–Trinajstić information content (AvgIpc) is 3.24. The van der Waals surface area contributed by atoms with Crippen LogP contribution in [0.2, 0.25) is 0 Å². The molecule has 2 aliphatic heterocycles. The summed E-state index contributed by atoms with van der Waals surface area (Å²) in [6, 6.07) is 12.1. The summed E-state index contributed by atoms with van der Waals surface area (Å²) < 4.78 is 2.31. The van der Waals surface area contributed by atoms with Gasteiger partial charge in [-0.3, -0.25) is 14.3 Å². The van der Waals surface area contributed by atoms with Gasteiger partial charge in [-0.1, -0.05) is 12.1 Å². The van der Waals surface area contributed by atoms with Crippen molar-refractivity contribution in [1.82, 2.24) is 24.2 Å². The summed E-state index contributed by atoms with van der Waals surface area (Å²) in [5.74, 6) is 1.27. The number of fused-ring (bicyclic) bond motifs is 1. The summed E-state index contributed by atoms with van der Waals surface area (Å²) in [6.45, 7) is 4.37. The highest BCUT2D eigenvalue weighted by atomic mass is 15.3. The number of nitrogens with zero attached hydrogens (tertiary/aromatic N) is 6. The maximum Gasteiger partial charge on any atom is 0.138 e. The molecule has 6 nitrogen and oxygen atoms in total. The summed E-state index contributed by atoms with van der Waals surface area (Å²) in [6.07, 6.45) is 10.1.